The van der Waals surface area contributed by atoms with Crippen LogP contribution in [0, 0.1) is 5.92 Å². The Hall–Kier alpha value is -0.940. The third-order valence-electron chi connectivity index (χ3n) is 2.60. The number of aromatic nitrogens is 4. The van der Waals surface area contributed by atoms with Gasteiger partial charge in [0.25, 0.3) is 0 Å². The maximum absolute atomic E-state index is 6.10. The topological polar surface area (TPSA) is 43.6 Å². The molecule has 0 aliphatic heterocycles. The lowest BCUT2D eigenvalue weighted by Gasteiger charge is -2.21. The van der Waals surface area contributed by atoms with Crippen molar-refractivity contribution in [1.82, 2.24) is 20.2 Å². The van der Waals surface area contributed by atoms with Crippen LogP contribution in [0.3, 0.4) is 0 Å². The average Bonchev–Trinajstić information content (AvgIpc) is 2.87. The van der Waals surface area contributed by atoms with E-state index in [9.17, 15) is 0 Å². The van der Waals surface area contributed by atoms with Crippen molar-refractivity contribution in [3.05, 3.63) is 28.2 Å². The fourth-order valence-corrected chi connectivity index (χ4v) is 2.98. The molecule has 0 spiro atoms. The number of hydrogen-bond donors (Lipinski definition) is 0. The molecular formula is C11H15ClN4S. The van der Waals surface area contributed by atoms with Crippen molar-refractivity contribution in [2.24, 2.45) is 5.92 Å². The summed E-state index contributed by atoms with van der Waals surface area (Å²) in [5.41, 5.74) is 0. The Kier molecular flexibility index (Phi) is 3.79. The Labute approximate surface area is 110 Å². The summed E-state index contributed by atoms with van der Waals surface area (Å²) in [4.78, 5) is 1.26. The number of halogens is 1. The Morgan fingerprint density at radius 1 is 1.35 bits per heavy atom. The van der Waals surface area contributed by atoms with Gasteiger partial charge in [-0.25, -0.2) is 4.68 Å². The molecule has 92 valence electrons. The van der Waals surface area contributed by atoms with Crippen molar-refractivity contribution in [2.75, 3.05) is 0 Å². The number of nitrogens with zero attached hydrogens (tertiary/aromatic N) is 4. The highest BCUT2D eigenvalue weighted by atomic mass is 35.5. The normalized spacial score (nSPS) is 15.1. The van der Waals surface area contributed by atoms with Gasteiger partial charge in [0, 0.05) is 4.88 Å². The SMILES string of the molecule is CC(Cl)c1nnnn1C(c1cccs1)C(C)C. The van der Waals surface area contributed by atoms with Crippen LogP contribution in [-0.2, 0) is 0 Å². The van der Waals surface area contributed by atoms with Crippen LogP contribution in [0.25, 0.3) is 0 Å². The first kappa shape index (κ1) is 12.5. The third kappa shape index (κ3) is 2.50. The second-order valence-electron chi connectivity index (χ2n) is 4.30. The van der Waals surface area contributed by atoms with E-state index in [1.165, 1.54) is 4.88 Å². The number of rotatable bonds is 4. The van der Waals surface area contributed by atoms with Crippen molar-refractivity contribution in [2.45, 2.75) is 32.2 Å². The first-order valence-electron chi connectivity index (χ1n) is 5.56. The maximum atomic E-state index is 6.10. The first-order chi connectivity index (χ1) is 8.11. The zero-order chi connectivity index (χ0) is 12.4. The van der Waals surface area contributed by atoms with Crippen LogP contribution in [0.1, 0.15) is 42.9 Å². The summed E-state index contributed by atoms with van der Waals surface area (Å²) < 4.78 is 1.84. The fourth-order valence-electron chi connectivity index (χ4n) is 1.85. The van der Waals surface area contributed by atoms with Gasteiger partial charge in [0.1, 0.15) is 0 Å². The molecule has 0 radical (unpaired) electrons. The second-order valence-corrected chi connectivity index (χ2v) is 5.94. The van der Waals surface area contributed by atoms with Crippen LogP contribution in [-0.4, -0.2) is 20.2 Å². The minimum absolute atomic E-state index is 0.154. The minimum Gasteiger partial charge on any atom is -0.219 e. The predicted molar refractivity (Wildman–Crippen MR) is 69.4 cm³/mol. The highest BCUT2D eigenvalue weighted by molar-refractivity contribution is 7.10. The van der Waals surface area contributed by atoms with Crippen LogP contribution in [0.5, 0.6) is 0 Å². The molecule has 2 aromatic rings. The Morgan fingerprint density at radius 3 is 2.65 bits per heavy atom. The minimum atomic E-state index is -0.189. The lowest BCUT2D eigenvalue weighted by atomic mass is 10.0. The summed E-state index contributed by atoms with van der Waals surface area (Å²) in [6.45, 7) is 6.21. The summed E-state index contributed by atoms with van der Waals surface area (Å²) in [6, 6.07) is 4.31. The van der Waals surface area contributed by atoms with E-state index >= 15 is 0 Å². The van der Waals surface area contributed by atoms with Crippen molar-refractivity contribution in [3.63, 3.8) is 0 Å². The highest BCUT2D eigenvalue weighted by Crippen LogP contribution is 2.31. The monoisotopic (exact) mass is 270 g/mol. The van der Waals surface area contributed by atoms with Crippen LogP contribution in [0.4, 0.5) is 0 Å². The summed E-state index contributed by atoms with van der Waals surface area (Å²) in [5, 5.41) is 13.7. The molecule has 6 heteroatoms. The van der Waals surface area contributed by atoms with Crippen molar-refractivity contribution in [3.8, 4) is 0 Å². The Bertz CT molecular complexity index is 464. The van der Waals surface area contributed by atoms with Crippen molar-refractivity contribution >= 4 is 22.9 Å². The van der Waals surface area contributed by atoms with Crippen LogP contribution >= 0.6 is 22.9 Å². The third-order valence-corrected chi connectivity index (χ3v) is 3.74. The van der Waals surface area contributed by atoms with E-state index in [1.807, 2.05) is 17.7 Å². The molecule has 0 bridgehead atoms. The molecule has 2 atom stereocenters. The molecule has 0 amide bonds. The van der Waals surface area contributed by atoms with E-state index in [0.717, 1.165) is 5.82 Å². The van der Waals surface area contributed by atoms with Gasteiger partial charge < -0.3 is 0 Å². The van der Waals surface area contributed by atoms with Gasteiger partial charge in [-0.05, 0) is 34.7 Å². The first-order valence-corrected chi connectivity index (χ1v) is 6.88. The number of alkyl halides is 1. The van der Waals surface area contributed by atoms with Crippen LogP contribution in [0.2, 0.25) is 0 Å². The number of thiophene rings is 1. The molecule has 4 nitrogen and oxygen atoms in total. The van der Waals surface area contributed by atoms with Crippen molar-refractivity contribution < 1.29 is 0 Å². The van der Waals surface area contributed by atoms with E-state index < -0.39 is 0 Å². The molecule has 0 saturated heterocycles. The highest BCUT2D eigenvalue weighted by Gasteiger charge is 2.25. The largest absolute Gasteiger partial charge is 0.219 e. The van der Waals surface area contributed by atoms with Gasteiger partial charge in [-0.3, -0.25) is 0 Å². The number of hydrogen-bond acceptors (Lipinski definition) is 4. The average molecular weight is 271 g/mol. The maximum Gasteiger partial charge on any atom is 0.169 e. The van der Waals surface area contributed by atoms with Crippen molar-refractivity contribution in [1.29, 1.82) is 0 Å². The lowest BCUT2D eigenvalue weighted by molar-refractivity contribution is 0.388. The molecule has 0 N–H and O–H groups in total. The van der Waals surface area contributed by atoms with Crippen LogP contribution < -0.4 is 0 Å². The van der Waals surface area contributed by atoms with Gasteiger partial charge in [-0.15, -0.1) is 28.0 Å². The second kappa shape index (κ2) is 5.14. The quantitative estimate of drug-likeness (QED) is 0.801. The van der Waals surface area contributed by atoms with Gasteiger partial charge in [0.2, 0.25) is 0 Å². The molecule has 2 unspecified atom stereocenters. The lowest BCUT2D eigenvalue weighted by Crippen LogP contribution is -2.19. The zero-order valence-corrected chi connectivity index (χ0v) is 11.6. The van der Waals surface area contributed by atoms with E-state index in [1.54, 1.807) is 11.3 Å². The molecule has 17 heavy (non-hydrogen) atoms. The molecule has 2 heterocycles. The molecule has 0 fully saturated rings. The molecular weight excluding hydrogens is 256 g/mol. The fraction of sp³-hybridized carbons (Fsp3) is 0.545. The summed E-state index contributed by atoms with van der Waals surface area (Å²) in [7, 11) is 0. The van der Waals surface area contributed by atoms with Gasteiger partial charge in [0.05, 0.1) is 11.4 Å². The van der Waals surface area contributed by atoms with Gasteiger partial charge in [-0.2, -0.15) is 0 Å². The zero-order valence-electron chi connectivity index (χ0n) is 10.0. The molecule has 0 aliphatic carbocycles. The molecule has 0 saturated carbocycles. The Morgan fingerprint density at radius 2 is 2.12 bits per heavy atom. The molecule has 0 aliphatic rings. The number of tetrazole rings is 1. The van der Waals surface area contributed by atoms with Gasteiger partial charge >= 0.3 is 0 Å². The molecule has 0 aromatic carbocycles. The molecule has 2 rings (SSSR count). The van der Waals surface area contributed by atoms with E-state index in [2.05, 4.69) is 40.8 Å². The van der Waals surface area contributed by atoms with Gasteiger partial charge in [0.15, 0.2) is 5.82 Å². The van der Waals surface area contributed by atoms with Gasteiger partial charge in [-0.1, -0.05) is 19.9 Å². The standard InChI is InChI=1S/C11H15ClN4S/c1-7(2)10(9-5-4-6-17-9)16-11(8(3)12)13-14-15-16/h4-8,10H,1-3H3. The Balaban J connectivity index is 2.43. The van der Waals surface area contributed by atoms with Crippen LogP contribution in [0.15, 0.2) is 17.5 Å². The summed E-state index contributed by atoms with van der Waals surface area (Å²) in [5.74, 6) is 1.13. The van der Waals surface area contributed by atoms with E-state index in [0.29, 0.717) is 5.92 Å². The van der Waals surface area contributed by atoms with E-state index in [4.69, 9.17) is 11.6 Å². The molecule has 2 aromatic heterocycles. The smallest absolute Gasteiger partial charge is 0.169 e. The summed E-state index contributed by atoms with van der Waals surface area (Å²) >= 11 is 7.82. The predicted octanol–water partition coefficient (Wildman–Crippen LogP) is 3.28. The van der Waals surface area contributed by atoms with E-state index in [-0.39, 0.29) is 11.4 Å². The summed E-state index contributed by atoms with van der Waals surface area (Å²) in [6.07, 6.45) is 0.